The molecule has 0 aliphatic rings. The molecular formula is C19H19N5O7. The molecule has 0 radical (unpaired) electrons. The van der Waals surface area contributed by atoms with Gasteiger partial charge >= 0.3 is 17.9 Å². The number of methoxy groups -OCH3 is 2. The van der Waals surface area contributed by atoms with Gasteiger partial charge in [-0.05, 0) is 17.7 Å². The van der Waals surface area contributed by atoms with Crippen LogP contribution in [0.5, 0.6) is 0 Å². The number of benzene rings is 1. The third-order valence-corrected chi connectivity index (χ3v) is 3.85. The first-order chi connectivity index (χ1) is 14.7. The predicted molar refractivity (Wildman–Crippen MR) is 105 cm³/mol. The standard InChI is InChI=1S/C10H8N4O5.C9H11NO2/c1-4(15)7-12-10-11-5(8(16)17)3-6(9(18)19-2)14(10)13-7;1-12-9(11)8-4-2-7(6-10)3-5-8/h3H,1-2H3,(H,16,17);2-5H,6,10H2,1H3. The molecule has 12 nitrogen and oxygen atoms in total. The summed E-state index contributed by atoms with van der Waals surface area (Å²) in [7, 11) is 2.50. The highest BCUT2D eigenvalue weighted by Gasteiger charge is 2.20. The van der Waals surface area contributed by atoms with Crippen molar-refractivity contribution < 1.29 is 33.8 Å². The van der Waals surface area contributed by atoms with Gasteiger partial charge in [0.25, 0.3) is 5.78 Å². The number of fused-ring (bicyclic) bond motifs is 1. The van der Waals surface area contributed by atoms with Crippen LogP contribution in [0.4, 0.5) is 0 Å². The molecule has 0 spiro atoms. The highest BCUT2D eigenvalue weighted by atomic mass is 16.5. The molecule has 2 aromatic heterocycles. The zero-order valence-corrected chi connectivity index (χ0v) is 16.9. The van der Waals surface area contributed by atoms with Crippen LogP contribution in [0.25, 0.3) is 5.78 Å². The number of ether oxygens (including phenoxy) is 2. The first kappa shape index (κ1) is 23.1. The number of hydrogen-bond donors (Lipinski definition) is 2. The van der Waals surface area contributed by atoms with Crippen molar-refractivity contribution in [1.29, 1.82) is 0 Å². The highest BCUT2D eigenvalue weighted by Crippen LogP contribution is 2.09. The number of carboxylic acid groups (broad SMARTS) is 1. The molecule has 0 saturated heterocycles. The average molecular weight is 429 g/mol. The zero-order valence-electron chi connectivity index (χ0n) is 16.9. The van der Waals surface area contributed by atoms with Crippen molar-refractivity contribution in [3.63, 3.8) is 0 Å². The van der Waals surface area contributed by atoms with Gasteiger partial charge < -0.3 is 20.3 Å². The lowest BCUT2D eigenvalue weighted by Crippen LogP contribution is -2.13. The van der Waals surface area contributed by atoms with E-state index in [0.717, 1.165) is 23.3 Å². The molecule has 0 aliphatic carbocycles. The largest absolute Gasteiger partial charge is 0.477 e. The van der Waals surface area contributed by atoms with Crippen LogP contribution in [-0.4, -0.2) is 62.6 Å². The van der Waals surface area contributed by atoms with Gasteiger partial charge in [0, 0.05) is 19.5 Å². The molecule has 0 fully saturated rings. The number of carbonyl (C=O) groups is 4. The van der Waals surface area contributed by atoms with Gasteiger partial charge in [-0.25, -0.2) is 19.4 Å². The van der Waals surface area contributed by atoms with Crippen molar-refractivity contribution >= 4 is 29.5 Å². The molecule has 1 aromatic carbocycles. The fourth-order valence-corrected chi connectivity index (χ4v) is 2.27. The molecule has 12 heteroatoms. The van der Waals surface area contributed by atoms with E-state index < -0.39 is 23.4 Å². The number of nitrogens with zero attached hydrogens (tertiary/aromatic N) is 4. The first-order valence-electron chi connectivity index (χ1n) is 8.69. The monoisotopic (exact) mass is 429 g/mol. The number of ketones is 1. The van der Waals surface area contributed by atoms with Crippen LogP contribution in [0.2, 0.25) is 0 Å². The normalized spacial score (nSPS) is 10.1. The second-order valence-corrected chi connectivity index (χ2v) is 5.92. The lowest BCUT2D eigenvalue weighted by molar-refractivity contribution is 0.0585. The molecule has 0 bridgehead atoms. The molecule has 162 valence electrons. The summed E-state index contributed by atoms with van der Waals surface area (Å²) in [6.45, 7) is 1.73. The molecule has 2 heterocycles. The minimum Gasteiger partial charge on any atom is -0.477 e. The number of hydrogen-bond acceptors (Lipinski definition) is 10. The summed E-state index contributed by atoms with van der Waals surface area (Å²) in [5.74, 6) is -3.22. The van der Waals surface area contributed by atoms with Crippen molar-refractivity contribution in [3.05, 3.63) is 58.7 Å². The fraction of sp³-hybridized carbons (Fsp3) is 0.211. The Morgan fingerprint density at radius 3 is 2.13 bits per heavy atom. The fourth-order valence-electron chi connectivity index (χ4n) is 2.27. The van der Waals surface area contributed by atoms with Crippen molar-refractivity contribution in [2.75, 3.05) is 14.2 Å². The van der Waals surface area contributed by atoms with Gasteiger partial charge in [0.05, 0.1) is 19.8 Å². The predicted octanol–water partition coefficient (Wildman–Crippen LogP) is 0.744. The maximum absolute atomic E-state index is 11.6. The summed E-state index contributed by atoms with van der Waals surface area (Å²) < 4.78 is 10.0. The number of carbonyl (C=O) groups excluding carboxylic acids is 3. The van der Waals surface area contributed by atoms with E-state index in [4.69, 9.17) is 10.8 Å². The van der Waals surface area contributed by atoms with E-state index >= 15 is 0 Å². The number of aromatic carboxylic acids is 1. The average Bonchev–Trinajstić information content (AvgIpc) is 3.22. The lowest BCUT2D eigenvalue weighted by atomic mass is 10.1. The van der Waals surface area contributed by atoms with Gasteiger partial charge in [-0.1, -0.05) is 12.1 Å². The van der Waals surface area contributed by atoms with Gasteiger partial charge in [0.1, 0.15) is 0 Å². The molecule has 0 unspecified atom stereocenters. The molecular weight excluding hydrogens is 410 g/mol. The van der Waals surface area contributed by atoms with Crippen molar-refractivity contribution in [2.24, 2.45) is 5.73 Å². The van der Waals surface area contributed by atoms with Crippen molar-refractivity contribution in [1.82, 2.24) is 19.6 Å². The number of aromatic nitrogens is 4. The Hall–Kier alpha value is -4.19. The summed E-state index contributed by atoms with van der Waals surface area (Å²) in [5, 5.41) is 12.7. The van der Waals surface area contributed by atoms with Gasteiger partial charge in [-0.15, -0.1) is 5.10 Å². The van der Waals surface area contributed by atoms with Crippen LogP contribution >= 0.6 is 0 Å². The topological polar surface area (TPSA) is 176 Å². The third kappa shape index (κ3) is 5.45. The van der Waals surface area contributed by atoms with E-state index in [-0.39, 0.29) is 23.3 Å². The third-order valence-electron chi connectivity index (χ3n) is 3.85. The van der Waals surface area contributed by atoms with E-state index in [1.54, 1.807) is 12.1 Å². The molecule has 0 amide bonds. The Kier molecular flexibility index (Phi) is 7.47. The summed E-state index contributed by atoms with van der Waals surface area (Å²) in [6.07, 6.45) is 0. The van der Waals surface area contributed by atoms with Gasteiger partial charge in [0.15, 0.2) is 17.2 Å². The zero-order chi connectivity index (χ0) is 23.1. The summed E-state index contributed by atoms with van der Waals surface area (Å²) in [6, 6.07) is 8.03. The van der Waals surface area contributed by atoms with Crippen LogP contribution in [0.1, 0.15) is 54.4 Å². The van der Waals surface area contributed by atoms with E-state index in [0.29, 0.717) is 12.1 Å². The quantitative estimate of drug-likeness (QED) is 0.432. The first-order valence-corrected chi connectivity index (χ1v) is 8.69. The van der Waals surface area contributed by atoms with E-state index in [1.165, 1.54) is 14.0 Å². The number of esters is 2. The van der Waals surface area contributed by atoms with Crippen LogP contribution in [0, 0.1) is 0 Å². The number of rotatable bonds is 5. The van der Waals surface area contributed by atoms with Crippen molar-refractivity contribution in [3.8, 4) is 0 Å². The minimum absolute atomic E-state index is 0.162. The molecule has 0 saturated carbocycles. The number of nitrogens with two attached hydrogens (primary N) is 1. The van der Waals surface area contributed by atoms with Gasteiger partial charge in [-0.3, -0.25) is 4.79 Å². The Labute approximate surface area is 175 Å². The van der Waals surface area contributed by atoms with Gasteiger partial charge in [-0.2, -0.15) is 9.50 Å². The molecule has 3 rings (SSSR count). The summed E-state index contributed by atoms with van der Waals surface area (Å²) in [5.41, 5.74) is 6.38. The van der Waals surface area contributed by atoms with Crippen LogP contribution in [0.3, 0.4) is 0 Å². The summed E-state index contributed by atoms with van der Waals surface area (Å²) in [4.78, 5) is 52.1. The molecule has 3 aromatic rings. The Bertz CT molecular complexity index is 1140. The van der Waals surface area contributed by atoms with Crippen LogP contribution in [0.15, 0.2) is 30.3 Å². The number of carboxylic acids is 1. The maximum atomic E-state index is 11.6. The van der Waals surface area contributed by atoms with Crippen LogP contribution < -0.4 is 5.73 Å². The molecule has 0 aliphatic heterocycles. The Morgan fingerprint density at radius 2 is 1.65 bits per heavy atom. The Balaban J connectivity index is 0.000000245. The maximum Gasteiger partial charge on any atom is 0.356 e. The highest BCUT2D eigenvalue weighted by molar-refractivity contribution is 5.94. The molecule has 0 atom stereocenters. The van der Waals surface area contributed by atoms with E-state index in [2.05, 4.69) is 24.5 Å². The van der Waals surface area contributed by atoms with Crippen molar-refractivity contribution in [2.45, 2.75) is 13.5 Å². The smallest absolute Gasteiger partial charge is 0.356 e. The SMILES string of the molecule is COC(=O)c1cc(C(=O)O)nc2nc(C(C)=O)nn12.COC(=O)c1ccc(CN)cc1. The number of Topliss-reactive ketones (excluding diaryl/α,β-unsaturated/α-hetero) is 1. The molecule has 3 N–H and O–H groups in total. The minimum atomic E-state index is -1.33. The van der Waals surface area contributed by atoms with E-state index in [9.17, 15) is 19.2 Å². The lowest BCUT2D eigenvalue weighted by Gasteiger charge is -2.02. The Morgan fingerprint density at radius 1 is 1.03 bits per heavy atom. The van der Waals surface area contributed by atoms with Crippen LogP contribution in [-0.2, 0) is 16.0 Å². The van der Waals surface area contributed by atoms with E-state index in [1.807, 2.05) is 12.1 Å². The summed E-state index contributed by atoms with van der Waals surface area (Å²) >= 11 is 0. The second-order valence-electron chi connectivity index (χ2n) is 5.92. The second kappa shape index (κ2) is 10.0. The molecule has 31 heavy (non-hydrogen) atoms. The van der Waals surface area contributed by atoms with Gasteiger partial charge in [0.2, 0.25) is 5.82 Å².